The molecule has 5 atom stereocenters. The SMILES string of the molecule is C[C@@]1(O)[C@H](O)[C@@H](CON(CCC(=O)O)[P+](=O)Oc2cccc3ccccc23)O[C@H]1n1cnc2c(NCc3ccccc3)nc(N)nc21. The van der Waals surface area contributed by atoms with Gasteiger partial charge in [0, 0.05) is 16.5 Å². The minimum Gasteiger partial charge on any atom is -0.481 e. The Morgan fingerprint density at radius 2 is 1.87 bits per heavy atom. The summed E-state index contributed by atoms with van der Waals surface area (Å²) in [5.41, 5.74) is 5.78. The largest absolute Gasteiger partial charge is 0.692 e. The lowest BCUT2D eigenvalue weighted by molar-refractivity contribution is -0.152. The van der Waals surface area contributed by atoms with E-state index in [4.69, 9.17) is 19.8 Å². The number of aliphatic hydroxyl groups is 2. The Bertz CT molecular complexity index is 1900. The number of hydrogen-bond donors (Lipinski definition) is 5. The third-order valence-corrected chi connectivity index (χ3v) is 8.79. The van der Waals surface area contributed by atoms with Crippen LogP contribution in [-0.4, -0.2) is 76.6 Å². The molecule has 1 fully saturated rings. The summed E-state index contributed by atoms with van der Waals surface area (Å²) in [5, 5.41) is 36.6. The molecule has 244 valence electrons. The molecule has 0 bridgehead atoms. The van der Waals surface area contributed by atoms with E-state index >= 15 is 0 Å². The number of ether oxygens (including phenoxy) is 1. The molecule has 3 heterocycles. The van der Waals surface area contributed by atoms with Crippen molar-refractivity contribution in [2.75, 3.05) is 24.2 Å². The first-order valence-electron chi connectivity index (χ1n) is 14.7. The third kappa shape index (κ3) is 6.86. The number of imidazole rings is 1. The van der Waals surface area contributed by atoms with Crippen LogP contribution in [0.5, 0.6) is 5.75 Å². The van der Waals surface area contributed by atoms with Crippen molar-refractivity contribution in [3.8, 4) is 5.75 Å². The molecule has 5 aromatic rings. The van der Waals surface area contributed by atoms with Gasteiger partial charge in [-0.3, -0.25) is 14.2 Å². The number of hydroxylamine groups is 1. The summed E-state index contributed by atoms with van der Waals surface area (Å²) in [4.78, 5) is 31.0. The van der Waals surface area contributed by atoms with Crippen LogP contribution in [0, 0.1) is 0 Å². The van der Waals surface area contributed by atoms with Gasteiger partial charge in [-0.2, -0.15) is 9.97 Å². The van der Waals surface area contributed by atoms with Gasteiger partial charge in [-0.05, 0) is 23.9 Å². The number of hydrogen-bond acceptors (Lipinski definition) is 12. The van der Waals surface area contributed by atoms with Crippen LogP contribution < -0.4 is 15.6 Å². The molecule has 1 saturated heterocycles. The molecule has 1 aliphatic heterocycles. The van der Waals surface area contributed by atoms with Crippen molar-refractivity contribution in [2.24, 2.45) is 0 Å². The summed E-state index contributed by atoms with van der Waals surface area (Å²) < 4.78 is 26.6. The normalized spacial score (nSPS) is 21.4. The molecule has 0 amide bonds. The maximum absolute atomic E-state index is 13.3. The fraction of sp³-hybridized carbons (Fsp3) is 0.290. The molecule has 0 saturated carbocycles. The number of nitrogens with zero attached hydrogens (tertiary/aromatic N) is 5. The molecule has 3 aromatic carbocycles. The molecule has 16 heteroatoms. The number of nitrogens with two attached hydrogens (primary N) is 1. The number of carboxylic acids is 1. The summed E-state index contributed by atoms with van der Waals surface area (Å²) in [6.45, 7) is 1.14. The molecule has 2 aromatic heterocycles. The van der Waals surface area contributed by atoms with Crippen molar-refractivity contribution in [3.05, 3.63) is 84.7 Å². The van der Waals surface area contributed by atoms with Crippen molar-refractivity contribution in [2.45, 2.75) is 43.9 Å². The molecular formula is C31H33N7O8P+. The van der Waals surface area contributed by atoms with Gasteiger partial charge in [0.15, 0.2) is 29.0 Å². The van der Waals surface area contributed by atoms with Crippen LogP contribution in [0.2, 0.25) is 0 Å². The Hall–Kier alpha value is -4.76. The molecule has 6 rings (SSSR count). The lowest BCUT2D eigenvalue weighted by Crippen LogP contribution is -2.44. The average molecular weight is 663 g/mol. The minimum absolute atomic E-state index is 0.0445. The Kier molecular flexibility index (Phi) is 9.27. The first-order chi connectivity index (χ1) is 22.6. The maximum Gasteiger partial charge on any atom is 0.692 e. The predicted molar refractivity (Wildman–Crippen MR) is 171 cm³/mol. The fourth-order valence-corrected chi connectivity index (χ4v) is 6.18. The zero-order valence-corrected chi connectivity index (χ0v) is 26.1. The van der Waals surface area contributed by atoms with Gasteiger partial charge in [0.05, 0.1) is 24.1 Å². The first-order valence-corrected chi connectivity index (χ1v) is 15.8. The molecule has 1 unspecified atom stereocenters. The number of carboxylic acid groups (broad SMARTS) is 1. The van der Waals surface area contributed by atoms with Crippen LogP contribution in [0.4, 0.5) is 11.8 Å². The Morgan fingerprint density at radius 3 is 2.66 bits per heavy atom. The lowest BCUT2D eigenvalue weighted by atomic mass is 9.96. The fourth-order valence-electron chi connectivity index (χ4n) is 5.34. The topological polar surface area (TPSA) is 207 Å². The van der Waals surface area contributed by atoms with Gasteiger partial charge in [-0.1, -0.05) is 66.7 Å². The summed E-state index contributed by atoms with van der Waals surface area (Å²) in [7, 11) is -2.74. The van der Waals surface area contributed by atoms with E-state index in [1.807, 2.05) is 60.7 Å². The Morgan fingerprint density at radius 1 is 1.13 bits per heavy atom. The number of carbonyl (C=O) groups is 1. The number of nitrogen functional groups attached to an aromatic ring is 1. The molecule has 6 N–H and O–H groups in total. The molecular weight excluding hydrogens is 629 g/mol. The summed E-state index contributed by atoms with van der Waals surface area (Å²) in [5.74, 6) is -0.494. The summed E-state index contributed by atoms with van der Waals surface area (Å²) in [6, 6.07) is 22.3. The number of aromatic nitrogens is 4. The van der Waals surface area contributed by atoms with Crippen LogP contribution in [0.15, 0.2) is 79.1 Å². The zero-order valence-electron chi connectivity index (χ0n) is 25.2. The van der Waals surface area contributed by atoms with Crippen molar-refractivity contribution in [1.29, 1.82) is 0 Å². The van der Waals surface area contributed by atoms with Crippen LogP contribution >= 0.6 is 8.18 Å². The third-order valence-electron chi connectivity index (χ3n) is 7.76. The second kappa shape index (κ2) is 13.5. The standard InChI is InChI=1S/C31H32N7O8P/c1-31(42)26(41)23(17-44-38(15-14-24(39)40)47(43)46-22-13-7-11-20-10-5-6-12-21(20)22)45-29(31)37-18-34-25-27(35-30(32)36-28(25)37)33-16-19-8-3-2-4-9-19/h2-13,18,23,26,29,41-42H,14-17H2,1H3,(H3-,32,33,35,36,39,40)/p+1/t23-,26-,29-,31-/m1/s1. The van der Waals surface area contributed by atoms with Crippen molar-refractivity contribution in [3.63, 3.8) is 0 Å². The molecule has 0 aliphatic carbocycles. The monoisotopic (exact) mass is 662 g/mol. The smallest absolute Gasteiger partial charge is 0.481 e. The molecule has 0 spiro atoms. The van der Waals surface area contributed by atoms with Gasteiger partial charge >= 0.3 is 14.1 Å². The van der Waals surface area contributed by atoms with Gasteiger partial charge in [0.2, 0.25) is 5.95 Å². The van der Waals surface area contributed by atoms with Crippen molar-refractivity contribution >= 4 is 47.9 Å². The summed E-state index contributed by atoms with van der Waals surface area (Å²) in [6.07, 6.45) is -2.83. The lowest BCUT2D eigenvalue weighted by Gasteiger charge is -2.27. The number of fused-ring (bicyclic) bond motifs is 2. The average Bonchev–Trinajstić information content (AvgIpc) is 3.57. The van der Waals surface area contributed by atoms with Gasteiger partial charge in [-0.25, -0.2) is 9.51 Å². The number of anilines is 2. The van der Waals surface area contributed by atoms with E-state index in [1.165, 1.54) is 17.8 Å². The van der Waals surface area contributed by atoms with E-state index in [0.717, 1.165) is 15.8 Å². The Balaban J connectivity index is 1.19. The Labute approximate surface area is 269 Å². The predicted octanol–water partition coefficient (Wildman–Crippen LogP) is 3.63. The molecule has 1 aliphatic rings. The first kappa shape index (κ1) is 32.2. The van der Waals surface area contributed by atoms with E-state index in [2.05, 4.69) is 20.3 Å². The van der Waals surface area contributed by atoms with E-state index < -0.39 is 51.2 Å². The summed E-state index contributed by atoms with van der Waals surface area (Å²) >= 11 is 0. The van der Waals surface area contributed by atoms with E-state index in [1.54, 1.807) is 12.1 Å². The highest BCUT2D eigenvalue weighted by atomic mass is 31.1. The number of aliphatic hydroxyl groups excluding tert-OH is 1. The van der Waals surface area contributed by atoms with Crippen LogP contribution in [0.25, 0.3) is 21.9 Å². The van der Waals surface area contributed by atoms with Gasteiger partial charge in [0.1, 0.15) is 24.4 Å². The highest BCUT2D eigenvalue weighted by molar-refractivity contribution is 7.36. The van der Waals surface area contributed by atoms with E-state index in [-0.39, 0.29) is 18.1 Å². The van der Waals surface area contributed by atoms with Crippen LogP contribution in [-0.2, 0) is 25.5 Å². The van der Waals surface area contributed by atoms with Gasteiger partial charge < -0.3 is 31.1 Å². The highest BCUT2D eigenvalue weighted by Gasteiger charge is 2.54. The van der Waals surface area contributed by atoms with Crippen molar-refractivity contribution in [1.82, 2.24) is 24.4 Å². The van der Waals surface area contributed by atoms with Crippen LogP contribution in [0.3, 0.4) is 0 Å². The zero-order chi connectivity index (χ0) is 33.1. The molecule has 0 radical (unpaired) electrons. The highest BCUT2D eigenvalue weighted by Crippen LogP contribution is 2.41. The van der Waals surface area contributed by atoms with E-state index in [0.29, 0.717) is 29.0 Å². The number of rotatable bonds is 13. The molecule has 15 nitrogen and oxygen atoms in total. The molecule has 47 heavy (non-hydrogen) atoms. The quantitative estimate of drug-likeness (QED) is 0.0902. The van der Waals surface area contributed by atoms with Crippen LogP contribution in [0.1, 0.15) is 25.1 Å². The van der Waals surface area contributed by atoms with Gasteiger partial charge in [0.25, 0.3) is 0 Å². The second-order valence-electron chi connectivity index (χ2n) is 11.1. The second-order valence-corrected chi connectivity index (χ2v) is 12.2. The van der Waals surface area contributed by atoms with Gasteiger partial charge in [-0.15, -0.1) is 0 Å². The number of nitrogens with one attached hydrogen (secondary N) is 1. The number of benzene rings is 3. The maximum atomic E-state index is 13.3. The van der Waals surface area contributed by atoms with Crippen molar-refractivity contribution < 1.29 is 38.8 Å². The number of aliphatic carboxylic acids is 1. The van der Waals surface area contributed by atoms with E-state index in [9.17, 15) is 24.7 Å². The minimum atomic E-state index is -2.74.